The molecule has 0 saturated carbocycles. The van der Waals surface area contributed by atoms with Gasteiger partial charge in [0.15, 0.2) is 5.78 Å². The standard InChI is InChI=1S/C10H7BrF4O/c11-4-3-9(16)7-5-6(10(13,14)15)1-2-8(7)12/h1-2,5H,3-4H2. The van der Waals surface area contributed by atoms with Gasteiger partial charge in [0.25, 0.3) is 0 Å². The predicted octanol–water partition coefficient (Wildman–Crippen LogP) is 3.81. The normalized spacial score (nSPS) is 11.6. The largest absolute Gasteiger partial charge is 0.416 e. The van der Waals surface area contributed by atoms with Gasteiger partial charge >= 0.3 is 6.18 Å². The molecule has 1 rings (SSSR count). The van der Waals surface area contributed by atoms with Gasteiger partial charge in [0.2, 0.25) is 0 Å². The van der Waals surface area contributed by atoms with Gasteiger partial charge in [-0.1, -0.05) is 15.9 Å². The second kappa shape index (κ2) is 4.95. The van der Waals surface area contributed by atoms with Crippen molar-refractivity contribution in [2.24, 2.45) is 0 Å². The molecular formula is C10H7BrF4O. The van der Waals surface area contributed by atoms with E-state index < -0.39 is 28.9 Å². The quantitative estimate of drug-likeness (QED) is 0.471. The van der Waals surface area contributed by atoms with Gasteiger partial charge in [0, 0.05) is 11.8 Å². The summed E-state index contributed by atoms with van der Waals surface area (Å²) in [5, 5.41) is 0.279. The summed E-state index contributed by atoms with van der Waals surface area (Å²) >= 11 is 2.96. The van der Waals surface area contributed by atoms with Crippen LogP contribution in [-0.4, -0.2) is 11.1 Å². The average Bonchev–Trinajstić information content (AvgIpc) is 2.16. The van der Waals surface area contributed by atoms with Gasteiger partial charge in [-0.3, -0.25) is 4.79 Å². The van der Waals surface area contributed by atoms with E-state index in [0.29, 0.717) is 18.2 Å². The van der Waals surface area contributed by atoms with Crippen LogP contribution in [-0.2, 0) is 6.18 Å². The van der Waals surface area contributed by atoms with Crippen LogP contribution in [0, 0.1) is 5.82 Å². The molecule has 0 aromatic heterocycles. The van der Waals surface area contributed by atoms with Gasteiger partial charge in [-0.05, 0) is 18.2 Å². The number of ketones is 1. The summed E-state index contributed by atoms with van der Waals surface area (Å²) in [6.07, 6.45) is -4.62. The third-order valence-electron chi connectivity index (χ3n) is 1.92. The zero-order chi connectivity index (χ0) is 12.3. The zero-order valence-electron chi connectivity index (χ0n) is 7.94. The Morgan fingerprint density at radius 3 is 2.44 bits per heavy atom. The first-order valence-electron chi connectivity index (χ1n) is 4.32. The fourth-order valence-corrected chi connectivity index (χ4v) is 1.50. The molecule has 0 atom stereocenters. The van der Waals surface area contributed by atoms with Crippen molar-refractivity contribution in [1.82, 2.24) is 0 Å². The predicted molar refractivity (Wildman–Crippen MR) is 54.1 cm³/mol. The average molecular weight is 299 g/mol. The number of carbonyl (C=O) groups is 1. The van der Waals surface area contributed by atoms with Crippen LogP contribution in [0.2, 0.25) is 0 Å². The van der Waals surface area contributed by atoms with E-state index >= 15 is 0 Å². The third kappa shape index (κ3) is 3.04. The molecule has 0 aliphatic carbocycles. The van der Waals surface area contributed by atoms with Crippen molar-refractivity contribution in [3.8, 4) is 0 Å². The highest BCUT2D eigenvalue weighted by Gasteiger charge is 2.31. The summed E-state index contributed by atoms with van der Waals surface area (Å²) in [5.74, 6) is -1.58. The van der Waals surface area contributed by atoms with E-state index in [2.05, 4.69) is 15.9 Å². The number of carbonyl (C=O) groups excluding carboxylic acids is 1. The lowest BCUT2D eigenvalue weighted by molar-refractivity contribution is -0.137. The Kier molecular flexibility index (Phi) is 4.07. The van der Waals surface area contributed by atoms with E-state index in [0.717, 1.165) is 0 Å². The highest BCUT2D eigenvalue weighted by molar-refractivity contribution is 9.09. The Morgan fingerprint density at radius 2 is 1.94 bits per heavy atom. The summed E-state index contributed by atoms with van der Waals surface area (Å²) < 4.78 is 50.0. The van der Waals surface area contributed by atoms with Crippen LogP contribution < -0.4 is 0 Å². The Morgan fingerprint density at radius 1 is 1.31 bits per heavy atom. The van der Waals surface area contributed by atoms with Gasteiger partial charge < -0.3 is 0 Å². The molecule has 0 N–H and O–H groups in total. The second-order valence-electron chi connectivity index (χ2n) is 3.05. The van der Waals surface area contributed by atoms with E-state index in [1.54, 1.807) is 0 Å². The zero-order valence-corrected chi connectivity index (χ0v) is 9.53. The van der Waals surface area contributed by atoms with E-state index in [1.165, 1.54) is 0 Å². The minimum atomic E-state index is -4.57. The topological polar surface area (TPSA) is 17.1 Å². The molecule has 1 nitrogen and oxygen atoms in total. The molecule has 0 aliphatic rings. The van der Waals surface area contributed by atoms with Crippen molar-refractivity contribution in [3.63, 3.8) is 0 Å². The van der Waals surface area contributed by atoms with Gasteiger partial charge in [-0.15, -0.1) is 0 Å². The third-order valence-corrected chi connectivity index (χ3v) is 2.31. The monoisotopic (exact) mass is 298 g/mol. The van der Waals surface area contributed by atoms with Crippen molar-refractivity contribution in [3.05, 3.63) is 35.1 Å². The fraction of sp³-hybridized carbons (Fsp3) is 0.300. The Bertz CT molecular complexity index is 400. The first kappa shape index (κ1) is 13.2. The first-order valence-corrected chi connectivity index (χ1v) is 5.44. The van der Waals surface area contributed by atoms with E-state index in [4.69, 9.17) is 0 Å². The fourth-order valence-electron chi connectivity index (χ4n) is 1.14. The van der Waals surface area contributed by atoms with Gasteiger partial charge in [-0.25, -0.2) is 4.39 Å². The molecule has 0 amide bonds. The molecule has 0 radical (unpaired) electrons. The number of alkyl halides is 4. The summed E-state index contributed by atoms with van der Waals surface area (Å²) in [6.45, 7) is 0. The van der Waals surface area contributed by atoms with Crippen LogP contribution in [0.5, 0.6) is 0 Å². The molecule has 16 heavy (non-hydrogen) atoms. The first-order chi connectivity index (χ1) is 7.36. The van der Waals surface area contributed by atoms with Crippen LogP contribution in [0.15, 0.2) is 18.2 Å². The molecule has 1 aromatic rings. The van der Waals surface area contributed by atoms with Crippen LogP contribution in [0.4, 0.5) is 17.6 Å². The summed E-state index contributed by atoms with van der Waals surface area (Å²) in [4.78, 5) is 11.3. The molecule has 6 heteroatoms. The van der Waals surface area contributed by atoms with Crippen LogP contribution in [0.1, 0.15) is 22.3 Å². The van der Waals surface area contributed by atoms with Crippen molar-refractivity contribution < 1.29 is 22.4 Å². The molecule has 0 bridgehead atoms. The lowest BCUT2D eigenvalue weighted by Gasteiger charge is -2.08. The van der Waals surface area contributed by atoms with Crippen molar-refractivity contribution in [1.29, 1.82) is 0 Å². The lowest BCUT2D eigenvalue weighted by atomic mass is 10.0. The second-order valence-corrected chi connectivity index (χ2v) is 3.85. The highest BCUT2D eigenvalue weighted by Crippen LogP contribution is 2.30. The Hall–Kier alpha value is -0.910. The van der Waals surface area contributed by atoms with Crippen LogP contribution in [0.3, 0.4) is 0 Å². The highest BCUT2D eigenvalue weighted by atomic mass is 79.9. The number of benzene rings is 1. The number of rotatable bonds is 3. The van der Waals surface area contributed by atoms with E-state index in [-0.39, 0.29) is 11.8 Å². The SMILES string of the molecule is O=C(CCBr)c1cc(C(F)(F)F)ccc1F. The van der Waals surface area contributed by atoms with Crippen molar-refractivity contribution in [2.75, 3.05) is 5.33 Å². The maximum Gasteiger partial charge on any atom is 0.416 e. The van der Waals surface area contributed by atoms with Gasteiger partial charge in [0.05, 0.1) is 11.1 Å². The van der Waals surface area contributed by atoms with Gasteiger partial charge in [-0.2, -0.15) is 13.2 Å². The minimum absolute atomic E-state index is 0.0434. The number of hydrogen-bond acceptors (Lipinski definition) is 1. The Balaban J connectivity index is 3.14. The summed E-state index contributed by atoms with van der Waals surface area (Å²) in [7, 11) is 0. The molecule has 0 heterocycles. The van der Waals surface area contributed by atoms with Crippen molar-refractivity contribution >= 4 is 21.7 Å². The molecular weight excluding hydrogens is 292 g/mol. The molecule has 0 fully saturated rings. The number of Topliss-reactive ketones (excluding diaryl/α,β-unsaturated/α-hetero) is 1. The maximum atomic E-state index is 13.1. The van der Waals surface area contributed by atoms with Crippen molar-refractivity contribution in [2.45, 2.75) is 12.6 Å². The van der Waals surface area contributed by atoms with Crippen LogP contribution in [0.25, 0.3) is 0 Å². The smallest absolute Gasteiger partial charge is 0.294 e. The Labute approximate surface area is 97.6 Å². The molecule has 88 valence electrons. The molecule has 0 unspecified atom stereocenters. The molecule has 1 aromatic carbocycles. The lowest BCUT2D eigenvalue weighted by Crippen LogP contribution is -2.09. The van der Waals surface area contributed by atoms with E-state index in [9.17, 15) is 22.4 Å². The number of hydrogen-bond donors (Lipinski definition) is 0. The molecule has 0 spiro atoms. The van der Waals surface area contributed by atoms with E-state index in [1.807, 2.05) is 0 Å². The summed E-state index contributed by atoms with van der Waals surface area (Å²) in [5.41, 5.74) is -1.54. The minimum Gasteiger partial charge on any atom is -0.294 e. The van der Waals surface area contributed by atoms with Crippen LogP contribution >= 0.6 is 15.9 Å². The molecule has 0 aliphatic heterocycles. The maximum absolute atomic E-state index is 13.1. The molecule has 0 saturated heterocycles. The number of halogens is 5. The summed E-state index contributed by atoms with van der Waals surface area (Å²) in [6, 6.07) is 1.81. The van der Waals surface area contributed by atoms with Gasteiger partial charge in [0.1, 0.15) is 5.82 Å².